The molecular weight excluding hydrogens is 275 g/mol. The Morgan fingerprint density at radius 3 is 2.60 bits per heavy atom. The van der Waals surface area contributed by atoms with Crippen molar-refractivity contribution in [3.8, 4) is 0 Å². The fourth-order valence-corrected chi connectivity index (χ4v) is 3.03. The highest BCUT2D eigenvalue weighted by molar-refractivity contribution is 6.31. The van der Waals surface area contributed by atoms with Gasteiger partial charge in [-0.1, -0.05) is 25.4 Å². The summed E-state index contributed by atoms with van der Waals surface area (Å²) in [6.45, 7) is 8.42. The number of nitrogens with one attached hydrogen (secondary N) is 1. The largest absolute Gasteiger partial charge is 0.314 e. The second-order valence-corrected chi connectivity index (χ2v) is 6.35. The maximum Gasteiger partial charge on any atom is 0.123 e. The lowest BCUT2D eigenvalue weighted by Gasteiger charge is -2.36. The Hall–Kier alpha value is -0.640. The van der Waals surface area contributed by atoms with Crippen LogP contribution in [-0.2, 0) is 0 Å². The molecule has 1 aromatic carbocycles. The van der Waals surface area contributed by atoms with Crippen molar-refractivity contribution in [3.05, 3.63) is 34.6 Å². The van der Waals surface area contributed by atoms with E-state index in [1.807, 2.05) is 0 Å². The molecule has 0 bridgehead atoms. The van der Waals surface area contributed by atoms with Crippen LogP contribution < -0.4 is 5.32 Å². The van der Waals surface area contributed by atoms with Gasteiger partial charge in [0.1, 0.15) is 5.82 Å². The molecule has 0 aromatic heterocycles. The SMILES string of the molecule is CC(C)CC[C@H](c1cc(F)ccc1Cl)N1CCNCC1. The molecule has 0 amide bonds. The third-order valence-corrected chi connectivity index (χ3v) is 4.27. The average Bonchev–Trinajstić information content (AvgIpc) is 2.43. The monoisotopic (exact) mass is 298 g/mol. The molecule has 0 radical (unpaired) electrons. The Balaban J connectivity index is 2.21. The van der Waals surface area contributed by atoms with Crippen LogP contribution in [0.2, 0.25) is 5.02 Å². The Kier molecular flexibility index (Phi) is 5.82. The Morgan fingerprint density at radius 1 is 1.25 bits per heavy atom. The summed E-state index contributed by atoms with van der Waals surface area (Å²) in [6, 6.07) is 4.94. The van der Waals surface area contributed by atoms with E-state index in [2.05, 4.69) is 24.1 Å². The lowest BCUT2D eigenvalue weighted by Crippen LogP contribution is -2.45. The molecule has 1 fully saturated rings. The molecular formula is C16H24ClFN2. The first kappa shape index (κ1) is 15.7. The molecule has 1 N–H and O–H groups in total. The van der Waals surface area contributed by atoms with E-state index in [0.717, 1.165) is 44.6 Å². The van der Waals surface area contributed by atoms with Crippen molar-refractivity contribution >= 4 is 11.6 Å². The Labute approximate surface area is 126 Å². The van der Waals surface area contributed by atoms with Crippen LogP contribution in [0.4, 0.5) is 4.39 Å². The van der Waals surface area contributed by atoms with Crippen molar-refractivity contribution in [1.82, 2.24) is 10.2 Å². The standard InChI is InChI=1S/C16H24ClFN2/c1-12(2)3-6-16(20-9-7-19-8-10-20)14-11-13(18)4-5-15(14)17/h4-5,11-12,16,19H,3,6-10H2,1-2H3/t16-/m1/s1. The van der Waals surface area contributed by atoms with Gasteiger partial charge in [0.2, 0.25) is 0 Å². The van der Waals surface area contributed by atoms with Gasteiger partial charge in [-0.25, -0.2) is 4.39 Å². The third-order valence-electron chi connectivity index (χ3n) is 3.93. The van der Waals surface area contributed by atoms with Crippen LogP contribution in [-0.4, -0.2) is 31.1 Å². The summed E-state index contributed by atoms with van der Waals surface area (Å²) in [6.07, 6.45) is 2.16. The second kappa shape index (κ2) is 7.39. The smallest absolute Gasteiger partial charge is 0.123 e. The molecule has 1 heterocycles. The molecule has 1 aromatic rings. The minimum Gasteiger partial charge on any atom is -0.314 e. The summed E-state index contributed by atoms with van der Waals surface area (Å²) in [5, 5.41) is 4.04. The van der Waals surface area contributed by atoms with Crippen molar-refractivity contribution < 1.29 is 4.39 Å². The van der Waals surface area contributed by atoms with E-state index in [1.165, 1.54) is 6.07 Å². The zero-order valence-corrected chi connectivity index (χ0v) is 13.1. The average molecular weight is 299 g/mol. The van der Waals surface area contributed by atoms with Crippen molar-refractivity contribution in [3.63, 3.8) is 0 Å². The first-order valence-electron chi connectivity index (χ1n) is 7.47. The van der Waals surface area contributed by atoms with Crippen LogP contribution in [0.15, 0.2) is 18.2 Å². The van der Waals surface area contributed by atoms with Gasteiger partial charge >= 0.3 is 0 Å². The van der Waals surface area contributed by atoms with E-state index >= 15 is 0 Å². The minimum atomic E-state index is -0.200. The number of benzene rings is 1. The maximum atomic E-state index is 13.6. The Bertz CT molecular complexity index is 430. The van der Waals surface area contributed by atoms with Gasteiger partial charge in [0.05, 0.1) is 0 Å². The highest BCUT2D eigenvalue weighted by Crippen LogP contribution is 2.33. The molecule has 0 saturated carbocycles. The van der Waals surface area contributed by atoms with Crippen LogP contribution in [0, 0.1) is 11.7 Å². The summed E-state index contributed by atoms with van der Waals surface area (Å²) in [7, 11) is 0. The molecule has 1 atom stereocenters. The number of halogens is 2. The van der Waals surface area contributed by atoms with Crippen LogP contribution in [0.1, 0.15) is 38.3 Å². The summed E-state index contributed by atoms with van der Waals surface area (Å²) in [5.74, 6) is 0.446. The predicted octanol–water partition coefficient (Wildman–Crippen LogP) is 3.86. The van der Waals surface area contributed by atoms with Gasteiger partial charge in [-0.2, -0.15) is 0 Å². The van der Waals surface area contributed by atoms with E-state index in [9.17, 15) is 4.39 Å². The van der Waals surface area contributed by atoms with E-state index in [-0.39, 0.29) is 11.9 Å². The topological polar surface area (TPSA) is 15.3 Å². The number of hydrogen-bond acceptors (Lipinski definition) is 2. The van der Waals surface area contributed by atoms with Gasteiger partial charge in [-0.05, 0) is 42.5 Å². The van der Waals surface area contributed by atoms with E-state index < -0.39 is 0 Å². The van der Waals surface area contributed by atoms with Crippen molar-refractivity contribution in [2.24, 2.45) is 5.92 Å². The molecule has 2 rings (SSSR count). The summed E-state index contributed by atoms with van der Waals surface area (Å²) < 4.78 is 13.6. The van der Waals surface area contributed by atoms with Crippen molar-refractivity contribution in [2.75, 3.05) is 26.2 Å². The number of rotatable bonds is 5. The Morgan fingerprint density at radius 2 is 1.95 bits per heavy atom. The molecule has 1 aliphatic heterocycles. The highest BCUT2D eigenvalue weighted by atomic mass is 35.5. The molecule has 20 heavy (non-hydrogen) atoms. The maximum absolute atomic E-state index is 13.6. The normalized spacial score (nSPS) is 18.4. The molecule has 2 nitrogen and oxygen atoms in total. The number of piperazine rings is 1. The van der Waals surface area contributed by atoms with Crippen molar-refractivity contribution in [1.29, 1.82) is 0 Å². The summed E-state index contributed by atoms with van der Waals surface area (Å²) in [4.78, 5) is 2.43. The molecule has 0 spiro atoms. The number of nitrogens with zero attached hydrogens (tertiary/aromatic N) is 1. The van der Waals surface area contributed by atoms with Gasteiger partial charge in [-0.3, -0.25) is 4.90 Å². The van der Waals surface area contributed by atoms with E-state index in [1.54, 1.807) is 12.1 Å². The van der Waals surface area contributed by atoms with E-state index in [4.69, 9.17) is 11.6 Å². The molecule has 0 aliphatic carbocycles. The fourth-order valence-electron chi connectivity index (χ4n) is 2.79. The van der Waals surface area contributed by atoms with Gasteiger partial charge in [0.25, 0.3) is 0 Å². The van der Waals surface area contributed by atoms with Gasteiger partial charge in [0, 0.05) is 37.2 Å². The molecule has 112 valence electrons. The molecule has 1 aliphatic rings. The quantitative estimate of drug-likeness (QED) is 0.888. The first-order chi connectivity index (χ1) is 9.58. The first-order valence-corrected chi connectivity index (χ1v) is 7.85. The third kappa shape index (κ3) is 4.18. The second-order valence-electron chi connectivity index (χ2n) is 5.94. The lowest BCUT2D eigenvalue weighted by molar-refractivity contribution is 0.159. The van der Waals surface area contributed by atoms with Gasteiger partial charge in [0.15, 0.2) is 0 Å². The molecule has 4 heteroatoms. The van der Waals surface area contributed by atoms with Gasteiger partial charge in [-0.15, -0.1) is 0 Å². The minimum absolute atomic E-state index is 0.200. The zero-order valence-electron chi connectivity index (χ0n) is 12.3. The van der Waals surface area contributed by atoms with Gasteiger partial charge < -0.3 is 5.32 Å². The van der Waals surface area contributed by atoms with Crippen LogP contribution in [0.5, 0.6) is 0 Å². The molecule has 0 unspecified atom stereocenters. The summed E-state index contributed by atoms with van der Waals surface area (Å²) in [5.41, 5.74) is 0.939. The predicted molar refractivity (Wildman–Crippen MR) is 82.7 cm³/mol. The lowest BCUT2D eigenvalue weighted by atomic mass is 9.95. The van der Waals surface area contributed by atoms with Crippen LogP contribution in [0.3, 0.4) is 0 Å². The summed E-state index contributed by atoms with van der Waals surface area (Å²) >= 11 is 6.32. The highest BCUT2D eigenvalue weighted by Gasteiger charge is 2.24. The fraction of sp³-hybridized carbons (Fsp3) is 0.625. The van der Waals surface area contributed by atoms with Crippen molar-refractivity contribution in [2.45, 2.75) is 32.7 Å². The zero-order chi connectivity index (χ0) is 14.5. The van der Waals surface area contributed by atoms with Crippen LogP contribution in [0.25, 0.3) is 0 Å². The number of hydrogen-bond donors (Lipinski definition) is 1. The molecule has 1 saturated heterocycles. The van der Waals surface area contributed by atoms with E-state index in [0.29, 0.717) is 10.9 Å². The van der Waals surface area contributed by atoms with Crippen LogP contribution >= 0.6 is 11.6 Å².